The summed E-state index contributed by atoms with van der Waals surface area (Å²) < 4.78 is 14.7. The van der Waals surface area contributed by atoms with Crippen LogP contribution in [0.25, 0.3) is 0 Å². The monoisotopic (exact) mass is 454 g/mol. The van der Waals surface area contributed by atoms with Crippen LogP contribution in [0.1, 0.15) is 69.4 Å². The fraction of sp³-hybridized carbons (Fsp3) is 0.542. The van der Waals surface area contributed by atoms with Gasteiger partial charge in [-0.15, -0.1) is 0 Å². The maximum atomic E-state index is 14.7. The fourth-order valence-corrected chi connectivity index (χ4v) is 5.62. The molecule has 8 heteroatoms. The van der Waals surface area contributed by atoms with Crippen LogP contribution < -0.4 is 10.6 Å². The smallest absolute Gasteiger partial charge is 0.229 e. The average Bonchev–Trinajstić information content (AvgIpc) is 3.48. The molecule has 5 rings (SSSR count). The highest BCUT2D eigenvalue weighted by Gasteiger charge is 2.43. The van der Waals surface area contributed by atoms with Crippen molar-refractivity contribution < 1.29 is 4.39 Å². The highest BCUT2D eigenvalue weighted by Crippen LogP contribution is 2.43. The molecule has 2 aliphatic heterocycles. The molecule has 2 aromatic rings. The van der Waals surface area contributed by atoms with Crippen molar-refractivity contribution in [2.45, 2.75) is 75.9 Å². The zero-order valence-electron chi connectivity index (χ0n) is 18.5. The average molecular weight is 455 g/mol. The molecule has 2 saturated heterocycles. The van der Waals surface area contributed by atoms with Gasteiger partial charge in [-0.2, -0.15) is 10.2 Å². The molecule has 32 heavy (non-hydrogen) atoms. The SMILES string of the molecule is CC1(C)C[C@H](Nc2nc(Nc3cc(C#N)c(C4CC4)cc3F)ncc2Cl)C[C@H]2CCCN21. The summed E-state index contributed by atoms with van der Waals surface area (Å²) in [5.41, 5.74) is 1.60. The first-order valence-electron chi connectivity index (χ1n) is 11.4. The second-order valence-corrected chi connectivity index (χ2v) is 10.3. The van der Waals surface area contributed by atoms with Gasteiger partial charge in [0.1, 0.15) is 10.8 Å². The molecule has 6 nitrogen and oxygen atoms in total. The number of benzene rings is 1. The highest BCUT2D eigenvalue weighted by molar-refractivity contribution is 6.32. The summed E-state index contributed by atoms with van der Waals surface area (Å²) in [5, 5.41) is 16.4. The van der Waals surface area contributed by atoms with E-state index in [0.29, 0.717) is 28.4 Å². The molecule has 1 saturated carbocycles. The Balaban J connectivity index is 1.35. The maximum Gasteiger partial charge on any atom is 0.229 e. The van der Waals surface area contributed by atoms with Crippen LogP contribution in [0.4, 0.5) is 21.8 Å². The highest BCUT2D eigenvalue weighted by atomic mass is 35.5. The Morgan fingerprint density at radius 1 is 1.28 bits per heavy atom. The Hall–Kier alpha value is -2.43. The number of fused-ring (bicyclic) bond motifs is 1. The molecule has 0 amide bonds. The molecule has 1 aromatic heterocycles. The first-order valence-corrected chi connectivity index (χ1v) is 11.8. The molecule has 2 N–H and O–H groups in total. The number of piperidine rings is 1. The molecule has 3 aliphatic rings. The van der Waals surface area contributed by atoms with Gasteiger partial charge in [-0.25, -0.2) is 9.37 Å². The van der Waals surface area contributed by atoms with Gasteiger partial charge in [-0.05, 0) is 82.5 Å². The standard InChI is InChI=1S/C24H28ClFN6/c1-24(2)11-16(9-17-4-3-7-32(17)24)29-22-19(25)13-28-23(31-22)30-21-8-15(12-27)18(10-20(21)26)14-5-6-14/h8,10,13-14,16-17H,3-7,9,11H2,1-2H3,(H2,28,29,30,31)/t16-,17-/m1/s1. The molecule has 2 atom stereocenters. The van der Waals surface area contributed by atoms with Gasteiger partial charge in [-0.1, -0.05) is 11.6 Å². The summed E-state index contributed by atoms with van der Waals surface area (Å²) in [6.45, 7) is 5.77. The van der Waals surface area contributed by atoms with Gasteiger partial charge in [0, 0.05) is 17.6 Å². The van der Waals surface area contributed by atoms with E-state index in [4.69, 9.17) is 11.6 Å². The summed E-state index contributed by atoms with van der Waals surface area (Å²) in [6.07, 6.45) is 8.06. The zero-order chi connectivity index (χ0) is 22.5. The Bertz CT molecular complexity index is 1080. The van der Waals surface area contributed by atoms with E-state index in [1.54, 1.807) is 6.07 Å². The van der Waals surface area contributed by atoms with Crippen LogP contribution in [0.5, 0.6) is 0 Å². The summed E-state index contributed by atoms with van der Waals surface area (Å²) in [7, 11) is 0. The van der Waals surface area contributed by atoms with Crippen LogP contribution in [0.3, 0.4) is 0 Å². The van der Waals surface area contributed by atoms with Gasteiger partial charge in [0.15, 0.2) is 5.82 Å². The molecule has 3 fully saturated rings. The lowest BCUT2D eigenvalue weighted by molar-refractivity contribution is 0.0501. The Morgan fingerprint density at radius 3 is 2.84 bits per heavy atom. The second kappa shape index (κ2) is 8.17. The van der Waals surface area contributed by atoms with E-state index >= 15 is 0 Å². The molecule has 168 valence electrons. The summed E-state index contributed by atoms with van der Waals surface area (Å²) in [4.78, 5) is 11.4. The third kappa shape index (κ3) is 4.14. The number of nitrogens with zero attached hydrogens (tertiary/aromatic N) is 4. The van der Waals surface area contributed by atoms with Crippen LogP contribution in [0.15, 0.2) is 18.3 Å². The van der Waals surface area contributed by atoms with Crippen molar-refractivity contribution in [1.29, 1.82) is 5.26 Å². The molecule has 3 heterocycles. The first kappa shape index (κ1) is 21.4. The quantitative estimate of drug-likeness (QED) is 0.614. The third-order valence-electron chi connectivity index (χ3n) is 7.07. The van der Waals surface area contributed by atoms with Crippen LogP contribution in [-0.4, -0.2) is 39.0 Å². The largest absolute Gasteiger partial charge is 0.366 e. The molecule has 1 aliphatic carbocycles. The van der Waals surface area contributed by atoms with Crippen LogP contribution in [0, 0.1) is 17.1 Å². The minimum absolute atomic E-state index is 0.123. The van der Waals surface area contributed by atoms with Crippen molar-refractivity contribution in [1.82, 2.24) is 14.9 Å². The molecular formula is C24H28ClFN6. The Kier molecular flexibility index (Phi) is 5.47. The van der Waals surface area contributed by atoms with Crippen LogP contribution in [0.2, 0.25) is 5.02 Å². The lowest BCUT2D eigenvalue weighted by Gasteiger charge is -2.47. The molecule has 0 bridgehead atoms. The van der Waals surface area contributed by atoms with E-state index < -0.39 is 5.82 Å². The van der Waals surface area contributed by atoms with E-state index in [-0.39, 0.29) is 23.2 Å². The van der Waals surface area contributed by atoms with E-state index in [1.165, 1.54) is 31.6 Å². The number of rotatable bonds is 5. The van der Waals surface area contributed by atoms with Gasteiger partial charge in [-0.3, -0.25) is 4.90 Å². The number of nitrogens with one attached hydrogen (secondary N) is 2. The van der Waals surface area contributed by atoms with Crippen LogP contribution in [-0.2, 0) is 0 Å². The number of halogens is 2. The Morgan fingerprint density at radius 2 is 2.09 bits per heavy atom. The van der Waals surface area contributed by atoms with Crippen molar-refractivity contribution in [3.05, 3.63) is 40.3 Å². The van der Waals surface area contributed by atoms with E-state index in [9.17, 15) is 9.65 Å². The topological polar surface area (TPSA) is 76.9 Å². The van der Waals surface area contributed by atoms with Crippen molar-refractivity contribution in [3.63, 3.8) is 0 Å². The maximum absolute atomic E-state index is 14.7. The molecule has 0 radical (unpaired) electrons. The third-order valence-corrected chi connectivity index (χ3v) is 7.34. The molecular weight excluding hydrogens is 427 g/mol. The first-order chi connectivity index (χ1) is 15.3. The van der Waals surface area contributed by atoms with E-state index in [1.807, 2.05) is 0 Å². The van der Waals surface area contributed by atoms with Gasteiger partial charge in [0.2, 0.25) is 5.95 Å². The summed E-state index contributed by atoms with van der Waals surface area (Å²) in [6, 6.07) is 6.03. The van der Waals surface area contributed by atoms with Crippen molar-refractivity contribution in [2.24, 2.45) is 0 Å². The van der Waals surface area contributed by atoms with Crippen molar-refractivity contribution in [2.75, 3.05) is 17.2 Å². The summed E-state index contributed by atoms with van der Waals surface area (Å²) in [5.74, 6) is 0.684. The van der Waals surface area contributed by atoms with Crippen molar-refractivity contribution >= 4 is 29.1 Å². The second-order valence-electron chi connectivity index (χ2n) is 9.90. The normalized spacial score (nSPS) is 24.6. The van der Waals surface area contributed by atoms with Gasteiger partial charge >= 0.3 is 0 Å². The zero-order valence-corrected chi connectivity index (χ0v) is 19.2. The fourth-order valence-electron chi connectivity index (χ4n) is 5.48. The lowest BCUT2D eigenvalue weighted by atomic mass is 9.84. The molecule has 1 aromatic carbocycles. The minimum Gasteiger partial charge on any atom is -0.366 e. The lowest BCUT2D eigenvalue weighted by Crippen LogP contribution is -2.55. The predicted molar refractivity (Wildman–Crippen MR) is 124 cm³/mol. The van der Waals surface area contributed by atoms with E-state index in [2.05, 4.69) is 45.4 Å². The number of anilines is 3. The minimum atomic E-state index is -0.408. The number of nitriles is 1. The predicted octanol–water partition coefficient (Wildman–Crippen LogP) is 5.58. The van der Waals surface area contributed by atoms with Gasteiger partial charge in [0.05, 0.1) is 23.5 Å². The summed E-state index contributed by atoms with van der Waals surface area (Å²) >= 11 is 6.40. The molecule has 0 spiro atoms. The Labute approximate surface area is 193 Å². The van der Waals surface area contributed by atoms with Gasteiger partial charge < -0.3 is 10.6 Å². The van der Waals surface area contributed by atoms with Gasteiger partial charge in [0.25, 0.3) is 0 Å². The van der Waals surface area contributed by atoms with E-state index in [0.717, 1.165) is 31.2 Å². The van der Waals surface area contributed by atoms with Crippen molar-refractivity contribution in [3.8, 4) is 6.07 Å². The number of hydrogen-bond donors (Lipinski definition) is 2. The molecule has 0 unspecified atom stereocenters. The number of aromatic nitrogens is 2. The number of hydrogen-bond acceptors (Lipinski definition) is 6. The van der Waals surface area contributed by atoms with Crippen LogP contribution >= 0.6 is 11.6 Å².